The Morgan fingerprint density at radius 3 is 2.67 bits per heavy atom. The first kappa shape index (κ1) is 24.5. The molecule has 2 aromatic carbocycles. The maximum atomic E-state index is 13.7. The highest BCUT2D eigenvalue weighted by Crippen LogP contribution is 2.22. The van der Waals surface area contributed by atoms with Gasteiger partial charge in [-0.15, -0.1) is 0 Å². The molecule has 0 fully saturated rings. The Bertz CT molecular complexity index is 1050. The van der Waals surface area contributed by atoms with Crippen LogP contribution in [-0.2, 0) is 0 Å². The fourth-order valence-corrected chi connectivity index (χ4v) is 3.44. The minimum absolute atomic E-state index is 0.101. The molecular weight excluding hydrogens is 443 g/mol. The van der Waals surface area contributed by atoms with Gasteiger partial charge in [0.25, 0.3) is 5.91 Å². The Kier molecular flexibility index (Phi) is 9.44. The highest BCUT2D eigenvalue weighted by molar-refractivity contribution is 6.33. The first-order valence-electron chi connectivity index (χ1n) is 11.1. The molecule has 174 valence electrons. The third-order valence-corrected chi connectivity index (χ3v) is 5.43. The number of hydrogen-bond donors (Lipinski definition) is 2. The second kappa shape index (κ2) is 12.7. The number of benzene rings is 2. The number of rotatable bonds is 12. The van der Waals surface area contributed by atoms with Crippen LogP contribution in [0, 0.1) is 5.82 Å². The molecule has 2 N–H and O–H groups in total. The molecule has 3 aromatic rings. The highest BCUT2D eigenvalue weighted by atomic mass is 35.5. The topological polar surface area (TPSA) is 79.4 Å². The van der Waals surface area contributed by atoms with Crippen molar-refractivity contribution in [1.82, 2.24) is 15.6 Å². The summed E-state index contributed by atoms with van der Waals surface area (Å²) < 4.78 is 19.5. The predicted molar refractivity (Wildman–Crippen MR) is 129 cm³/mol. The van der Waals surface area contributed by atoms with Gasteiger partial charge in [-0.1, -0.05) is 56.7 Å². The Labute approximate surface area is 198 Å². The van der Waals surface area contributed by atoms with Crippen molar-refractivity contribution >= 4 is 23.7 Å². The second-order valence-corrected chi connectivity index (χ2v) is 8.05. The molecule has 0 atom stereocenters. The van der Waals surface area contributed by atoms with Crippen LogP contribution in [-0.4, -0.2) is 28.9 Å². The van der Waals surface area contributed by atoms with Gasteiger partial charge in [0.1, 0.15) is 17.3 Å². The molecule has 0 aliphatic carbocycles. The maximum Gasteiger partial charge on any atom is 0.289 e. The molecule has 1 heterocycles. The quantitative estimate of drug-likeness (QED) is 0.183. The zero-order chi connectivity index (χ0) is 23.5. The fraction of sp³-hybridized carbons (Fsp3) is 0.320. The van der Waals surface area contributed by atoms with Gasteiger partial charge in [0.2, 0.25) is 0 Å². The zero-order valence-electron chi connectivity index (χ0n) is 18.6. The molecule has 0 aliphatic rings. The Morgan fingerprint density at radius 2 is 1.91 bits per heavy atom. The van der Waals surface area contributed by atoms with Crippen LogP contribution in [0.5, 0.6) is 5.75 Å². The molecule has 1 aromatic heterocycles. The van der Waals surface area contributed by atoms with Gasteiger partial charge in [-0.05, 0) is 48.9 Å². The Hall–Kier alpha value is -3.19. The number of nitrogens with zero attached hydrogens (tertiary/aromatic N) is 2. The van der Waals surface area contributed by atoms with Crippen molar-refractivity contribution in [1.29, 1.82) is 0 Å². The molecule has 6 nitrogen and oxygen atoms in total. The summed E-state index contributed by atoms with van der Waals surface area (Å²) in [7, 11) is 0. The van der Waals surface area contributed by atoms with Gasteiger partial charge in [-0.25, -0.2) is 9.82 Å². The molecule has 1 amide bonds. The molecule has 8 heteroatoms. The first-order chi connectivity index (χ1) is 16.1. The van der Waals surface area contributed by atoms with Crippen molar-refractivity contribution in [2.45, 2.75) is 45.4 Å². The molecule has 0 aliphatic heterocycles. The second-order valence-electron chi connectivity index (χ2n) is 7.64. The van der Waals surface area contributed by atoms with Gasteiger partial charge >= 0.3 is 0 Å². The number of amides is 1. The third kappa shape index (κ3) is 7.43. The number of H-pyrrole nitrogens is 1. The van der Waals surface area contributed by atoms with E-state index in [-0.39, 0.29) is 16.3 Å². The lowest BCUT2D eigenvalue weighted by Gasteiger charge is -2.06. The first-order valence-corrected chi connectivity index (χ1v) is 11.5. The van der Waals surface area contributed by atoms with Crippen LogP contribution >= 0.6 is 11.6 Å². The summed E-state index contributed by atoms with van der Waals surface area (Å²) in [5.74, 6) is -0.220. The van der Waals surface area contributed by atoms with E-state index in [1.165, 1.54) is 44.2 Å². The van der Waals surface area contributed by atoms with Crippen molar-refractivity contribution in [2.24, 2.45) is 5.10 Å². The lowest BCUT2D eigenvalue weighted by molar-refractivity contribution is 0.0950. The summed E-state index contributed by atoms with van der Waals surface area (Å²) in [6.07, 6.45) is 8.51. The predicted octanol–water partition coefficient (Wildman–Crippen LogP) is 6.37. The number of ether oxygens (including phenoxy) is 1. The summed E-state index contributed by atoms with van der Waals surface area (Å²) in [5, 5.41) is 10.8. The third-order valence-electron chi connectivity index (χ3n) is 5.10. The number of halogens is 2. The minimum atomic E-state index is -0.524. The van der Waals surface area contributed by atoms with Crippen LogP contribution in [0.3, 0.4) is 0 Å². The molecule has 0 spiro atoms. The summed E-state index contributed by atoms with van der Waals surface area (Å²) in [5.41, 5.74) is 4.12. The molecule has 0 radical (unpaired) electrons. The van der Waals surface area contributed by atoms with E-state index in [0.717, 1.165) is 23.9 Å². The molecule has 33 heavy (non-hydrogen) atoms. The van der Waals surface area contributed by atoms with E-state index >= 15 is 0 Å². The number of hydrazone groups is 1. The molecule has 0 unspecified atom stereocenters. The Balaban J connectivity index is 1.49. The van der Waals surface area contributed by atoms with E-state index in [2.05, 4.69) is 27.6 Å². The summed E-state index contributed by atoms with van der Waals surface area (Å²) in [6, 6.07) is 13.5. The van der Waals surface area contributed by atoms with Crippen LogP contribution in [0.2, 0.25) is 5.02 Å². The van der Waals surface area contributed by atoms with Crippen molar-refractivity contribution in [3.8, 4) is 17.0 Å². The van der Waals surface area contributed by atoms with Gasteiger partial charge in [0, 0.05) is 11.1 Å². The van der Waals surface area contributed by atoms with Crippen LogP contribution < -0.4 is 10.2 Å². The van der Waals surface area contributed by atoms with Gasteiger partial charge < -0.3 is 4.74 Å². The monoisotopic (exact) mass is 470 g/mol. The number of hydrogen-bond acceptors (Lipinski definition) is 4. The maximum absolute atomic E-state index is 13.7. The fourth-order valence-electron chi connectivity index (χ4n) is 3.23. The average Bonchev–Trinajstić information content (AvgIpc) is 3.31. The van der Waals surface area contributed by atoms with Crippen molar-refractivity contribution < 1.29 is 13.9 Å². The average molecular weight is 471 g/mol. The molecular formula is C25H28ClFN4O2. The number of nitrogens with one attached hydrogen (secondary N) is 2. The van der Waals surface area contributed by atoms with Crippen molar-refractivity contribution in [3.63, 3.8) is 0 Å². The van der Waals surface area contributed by atoms with E-state index in [1.54, 1.807) is 12.1 Å². The van der Waals surface area contributed by atoms with Crippen molar-refractivity contribution in [2.75, 3.05) is 6.61 Å². The smallest absolute Gasteiger partial charge is 0.289 e. The highest BCUT2D eigenvalue weighted by Gasteiger charge is 2.11. The number of aromatic amines is 1. The summed E-state index contributed by atoms with van der Waals surface area (Å²) >= 11 is 5.93. The molecule has 0 saturated heterocycles. The van der Waals surface area contributed by atoms with E-state index in [4.69, 9.17) is 16.3 Å². The number of carbonyl (C=O) groups is 1. The van der Waals surface area contributed by atoms with Crippen LogP contribution in [0.4, 0.5) is 4.39 Å². The van der Waals surface area contributed by atoms with Gasteiger partial charge in [0.15, 0.2) is 0 Å². The SMILES string of the molecule is CCCCCCCCOc1ccc(-c2cc(C(=O)NN=Cc3c(F)cccc3Cl)[nH]n2)cc1. The van der Waals surface area contributed by atoms with E-state index in [0.29, 0.717) is 12.3 Å². The number of aromatic nitrogens is 2. The van der Waals surface area contributed by atoms with E-state index in [1.807, 2.05) is 24.3 Å². The normalized spacial score (nSPS) is 11.1. The molecule has 0 bridgehead atoms. The zero-order valence-corrected chi connectivity index (χ0v) is 19.4. The largest absolute Gasteiger partial charge is 0.494 e. The van der Waals surface area contributed by atoms with Crippen LogP contribution in [0.1, 0.15) is 61.5 Å². The van der Waals surface area contributed by atoms with Gasteiger partial charge in [-0.3, -0.25) is 9.89 Å². The lowest BCUT2D eigenvalue weighted by atomic mass is 10.1. The Morgan fingerprint density at radius 1 is 1.15 bits per heavy atom. The summed E-state index contributed by atoms with van der Waals surface area (Å²) in [4.78, 5) is 12.3. The van der Waals surface area contributed by atoms with Crippen LogP contribution in [0.25, 0.3) is 11.3 Å². The summed E-state index contributed by atoms with van der Waals surface area (Å²) in [6.45, 7) is 2.92. The van der Waals surface area contributed by atoms with Gasteiger partial charge in [-0.2, -0.15) is 10.2 Å². The molecule has 0 saturated carbocycles. The van der Waals surface area contributed by atoms with E-state index < -0.39 is 11.7 Å². The van der Waals surface area contributed by atoms with Crippen LogP contribution in [0.15, 0.2) is 53.6 Å². The standard InChI is InChI=1S/C25H28ClFN4O2/c1-2-3-4-5-6-7-15-33-19-13-11-18(12-14-19)23-16-24(30-29-23)25(32)31-28-17-20-21(26)9-8-10-22(20)27/h8-14,16-17H,2-7,15H2,1H3,(H,29,30)(H,31,32). The van der Waals surface area contributed by atoms with E-state index in [9.17, 15) is 9.18 Å². The van der Waals surface area contributed by atoms with Gasteiger partial charge in [0.05, 0.1) is 23.5 Å². The lowest BCUT2D eigenvalue weighted by Crippen LogP contribution is -2.18. The number of unbranched alkanes of at least 4 members (excludes halogenated alkanes) is 5. The molecule has 3 rings (SSSR count). The number of carbonyl (C=O) groups excluding carboxylic acids is 1. The van der Waals surface area contributed by atoms with Crippen molar-refractivity contribution in [3.05, 3.63) is 70.6 Å². The minimum Gasteiger partial charge on any atom is -0.494 e.